The van der Waals surface area contributed by atoms with Gasteiger partial charge in [-0.2, -0.15) is 0 Å². The standard InChI is InChI=1S/C12H18O4/c1-5-7-12(4,16-9-13)11(14)15-8-10(3)6-2/h5-7,9-10H,2,8H2,1,3-4H3. The third kappa shape index (κ3) is 4.29. The Morgan fingerprint density at radius 1 is 1.56 bits per heavy atom. The quantitative estimate of drug-likeness (QED) is 0.378. The summed E-state index contributed by atoms with van der Waals surface area (Å²) in [5.74, 6) is -0.526. The molecule has 0 amide bonds. The Morgan fingerprint density at radius 3 is 2.62 bits per heavy atom. The number of allylic oxidation sites excluding steroid dienone is 1. The van der Waals surface area contributed by atoms with Crippen molar-refractivity contribution in [2.45, 2.75) is 26.4 Å². The second-order valence-corrected chi connectivity index (χ2v) is 3.63. The molecular formula is C12H18O4. The van der Waals surface area contributed by atoms with Gasteiger partial charge in [-0.05, 0) is 19.9 Å². The van der Waals surface area contributed by atoms with Crippen molar-refractivity contribution in [3.63, 3.8) is 0 Å². The molecule has 2 unspecified atom stereocenters. The maximum absolute atomic E-state index is 11.7. The summed E-state index contributed by atoms with van der Waals surface area (Å²) in [4.78, 5) is 22.0. The van der Waals surface area contributed by atoms with Crippen LogP contribution in [0.4, 0.5) is 0 Å². The molecule has 0 aliphatic rings. The number of ether oxygens (including phenoxy) is 2. The summed E-state index contributed by atoms with van der Waals surface area (Å²) < 4.78 is 9.75. The number of rotatable bonds is 7. The zero-order valence-electron chi connectivity index (χ0n) is 9.93. The van der Waals surface area contributed by atoms with Gasteiger partial charge in [-0.15, -0.1) is 6.58 Å². The summed E-state index contributed by atoms with van der Waals surface area (Å²) in [5, 5.41) is 0. The molecule has 0 saturated carbocycles. The molecule has 0 N–H and O–H groups in total. The number of hydrogen-bond donors (Lipinski definition) is 0. The lowest BCUT2D eigenvalue weighted by molar-refractivity contribution is -0.168. The Hall–Kier alpha value is -1.58. The smallest absolute Gasteiger partial charge is 0.354 e. The fraction of sp³-hybridized carbons (Fsp3) is 0.500. The summed E-state index contributed by atoms with van der Waals surface area (Å²) in [6.45, 7) is 9.11. The zero-order valence-corrected chi connectivity index (χ0v) is 9.93. The second-order valence-electron chi connectivity index (χ2n) is 3.63. The summed E-state index contributed by atoms with van der Waals surface area (Å²) in [7, 11) is 0. The van der Waals surface area contributed by atoms with E-state index in [1.807, 2.05) is 6.92 Å². The molecule has 2 atom stereocenters. The summed E-state index contributed by atoms with van der Waals surface area (Å²) in [6.07, 6.45) is 4.78. The molecule has 0 saturated heterocycles. The lowest BCUT2D eigenvalue weighted by atomic mass is 10.1. The van der Waals surface area contributed by atoms with Crippen molar-refractivity contribution in [2.24, 2.45) is 5.92 Å². The monoisotopic (exact) mass is 226 g/mol. The predicted octanol–water partition coefficient (Wildman–Crippen LogP) is 1.86. The summed E-state index contributed by atoms with van der Waals surface area (Å²) in [6, 6.07) is 0. The minimum absolute atomic E-state index is 0.0648. The van der Waals surface area contributed by atoms with Gasteiger partial charge >= 0.3 is 5.97 Å². The summed E-state index contributed by atoms with van der Waals surface area (Å²) >= 11 is 0. The Morgan fingerprint density at radius 2 is 2.19 bits per heavy atom. The van der Waals surface area contributed by atoms with Crippen molar-refractivity contribution in [1.82, 2.24) is 0 Å². The maximum Gasteiger partial charge on any atom is 0.354 e. The Bertz CT molecular complexity index is 283. The largest absolute Gasteiger partial charge is 0.462 e. The molecule has 0 aromatic carbocycles. The van der Waals surface area contributed by atoms with Crippen LogP contribution in [0.5, 0.6) is 0 Å². The molecule has 0 heterocycles. The zero-order chi connectivity index (χ0) is 12.6. The molecule has 4 heteroatoms. The van der Waals surface area contributed by atoms with Crippen molar-refractivity contribution in [1.29, 1.82) is 0 Å². The molecular weight excluding hydrogens is 208 g/mol. The van der Waals surface area contributed by atoms with E-state index in [1.165, 1.54) is 13.0 Å². The highest BCUT2D eigenvalue weighted by atomic mass is 16.6. The fourth-order valence-corrected chi connectivity index (χ4v) is 0.992. The summed E-state index contributed by atoms with van der Waals surface area (Å²) in [5.41, 5.74) is -1.35. The van der Waals surface area contributed by atoms with Gasteiger partial charge in [-0.25, -0.2) is 4.79 Å². The lowest BCUT2D eigenvalue weighted by Crippen LogP contribution is -2.38. The van der Waals surface area contributed by atoms with E-state index < -0.39 is 11.6 Å². The number of esters is 1. The molecule has 0 bridgehead atoms. The minimum atomic E-state index is -1.35. The van der Waals surface area contributed by atoms with Crippen molar-refractivity contribution in [2.75, 3.05) is 6.61 Å². The molecule has 0 aliphatic carbocycles. The molecule has 0 fully saturated rings. The molecule has 0 rings (SSSR count). The fourth-order valence-electron chi connectivity index (χ4n) is 0.992. The van der Waals surface area contributed by atoms with Crippen LogP contribution in [0.2, 0.25) is 0 Å². The third-order valence-electron chi connectivity index (χ3n) is 2.06. The van der Waals surface area contributed by atoms with E-state index in [2.05, 4.69) is 6.58 Å². The van der Waals surface area contributed by atoms with E-state index in [1.54, 1.807) is 19.1 Å². The van der Waals surface area contributed by atoms with E-state index >= 15 is 0 Å². The lowest BCUT2D eigenvalue weighted by Gasteiger charge is -2.22. The van der Waals surface area contributed by atoms with Crippen LogP contribution in [0.15, 0.2) is 24.8 Å². The van der Waals surface area contributed by atoms with Gasteiger partial charge in [0.05, 0.1) is 6.61 Å². The first-order valence-corrected chi connectivity index (χ1v) is 5.05. The molecule has 0 aliphatic heterocycles. The minimum Gasteiger partial charge on any atom is -0.462 e. The van der Waals surface area contributed by atoms with Gasteiger partial charge in [-0.1, -0.05) is 19.1 Å². The highest BCUT2D eigenvalue weighted by molar-refractivity contribution is 5.82. The van der Waals surface area contributed by atoms with Crippen molar-refractivity contribution in [3.05, 3.63) is 24.8 Å². The van der Waals surface area contributed by atoms with Gasteiger partial charge in [-0.3, -0.25) is 4.79 Å². The Balaban J connectivity index is 4.50. The van der Waals surface area contributed by atoms with E-state index in [0.717, 1.165) is 0 Å². The van der Waals surface area contributed by atoms with Crippen molar-refractivity contribution in [3.8, 4) is 0 Å². The average Bonchev–Trinajstić information content (AvgIpc) is 2.25. The van der Waals surface area contributed by atoms with E-state index in [-0.39, 0.29) is 19.0 Å². The normalized spacial score (nSPS) is 16.2. The maximum atomic E-state index is 11.7. The number of carbonyl (C=O) groups excluding carboxylic acids is 2. The van der Waals surface area contributed by atoms with Crippen LogP contribution in [0.3, 0.4) is 0 Å². The van der Waals surface area contributed by atoms with Crippen LogP contribution in [-0.2, 0) is 19.1 Å². The number of hydrogen-bond acceptors (Lipinski definition) is 4. The molecule has 16 heavy (non-hydrogen) atoms. The highest BCUT2D eigenvalue weighted by Gasteiger charge is 2.34. The molecule has 0 radical (unpaired) electrons. The molecule has 90 valence electrons. The topological polar surface area (TPSA) is 52.6 Å². The molecule has 4 nitrogen and oxygen atoms in total. The first-order chi connectivity index (χ1) is 7.50. The first kappa shape index (κ1) is 14.4. The first-order valence-electron chi connectivity index (χ1n) is 5.05. The van der Waals surface area contributed by atoms with Crippen LogP contribution < -0.4 is 0 Å². The van der Waals surface area contributed by atoms with Crippen molar-refractivity contribution < 1.29 is 19.1 Å². The van der Waals surface area contributed by atoms with Gasteiger partial charge in [0.1, 0.15) is 0 Å². The second kappa shape index (κ2) is 6.82. The van der Waals surface area contributed by atoms with Crippen LogP contribution in [0, 0.1) is 5.92 Å². The number of carbonyl (C=O) groups is 2. The van der Waals surface area contributed by atoms with Gasteiger partial charge in [0, 0.05) is 5.92 Å². The van der Waals surface area contributed by atoms with Gasteiger partial charge < -0.3 is 9.47 Å². The predicted molar refractivity (Wildman–Crippen MR) is 60.7 cm³/mol. The van der Waals surface area contributed by atoms with Crippen LogP contribution in [-0.4, -0.2) is 24.6 Å². The third-order valence-corrected chi connectivity index (χ3v) is 2.06. The van der Waals surface area contributed by atoms with Crippen molar-refractivity contribution >= 4 is 12.4 Å². The molecule has 0 aromatic rings. The Kier molecular flexibility index (Phi) is 6.15. The van der Waals surface area contributed by atoms with Gasteiger partial charge in [0.25, 0.3) is 6.47 Å². The van der Waals surface area contributed by atoms with E-state index in [0.29, 0.717) is 0 Å². The highest BCUT2D eigenvalue weighted by Crippen LogP contribution is 2.14. The SMILES string of the molecule is C=CC(C)COC(=O)C(C)(C=CC)OC=O. The van der Waals surface area contributed by atoms with E-state index in [9.17, 15) is 9.59 Å². The molecule has 0 aromatic heterocycles. The van der Waals surface area contributed by atoms with Crippen LogP contribution >= 0.6 is 0 Å². The van der Waals surface area contributed by atoms with Gasteiger partial charge in [0.15, 0.2) is 0 Å². The Labute approximate surface area is 95.9 Å². The molecule has 0 spiro atoms. The van der Waals surface area contributed by atoms with Crippen LogP contribution in [0.25, 0.3) is 0 Å². The van der Waals surface area contributed by atoms with Gasteiger partial charge in [0.2, 0.25) is 5.60 Å². The average molecular weight is 226 g/mol. The van der Waals surface area contributed by atoms with Crippen LogP contribution in [0.1, 0.15) is 20.8 Å². The van der Waals surface area contributed by atoms with E-state index in [4.69, 9.17) is 9.47 Å².